The molecule has 128 valence electrons. The number of Topliss-reactive ketones (excluding diaryl/α,β-unsaturated/α-hetero) is 1. The molecule has 5 heteroatoms. The summed E-state index contributed by atoms with van der Waals surface area (Å²) >= 11 is 0. The first kappa shape index (κ1) is 16.8. The molecule has 0 fully saturated rings. The molecule has 5 nitrogen and oxygen atoms in total. The van der Waals surface area contributed by atoms with Gasteiger partial charge in [-0.3, -0.25) is 4.79 Å². The van der Waals surface area contributed by atoms with Crippen molar-refractivity contribution in [3.8, 4) is 11.5 Å². The van der Waals surface area contributed by atoms with Crippen molar-refractivity contribution in [3.63, 3.8) is 0 Å². The average Bonchev–Trinajstić information content (AvgIpc) is 2.60. The van der Waals surface area contributed by atoms with Gasteiger partial charge in [-0.1, -0.05) is 24.3 Å². The molecule has 0 amide bonds. The van der Waals surface area contributed by atoms with Gasteiger partial charge in [-0.2, -0.15) is 0 Å². The normalized spacial score (nSPS) is 12.1. The molecule has 1 heterocycles. The highest BCUT2D eigenvalue weighted by Gasteiger charge is 2.26. The zero-order valence-electron chi connectivity index (χ0n) is 14.0. The third-order valence-corrected chi connectivity index (χ3v) is 4.16. The van der Waals surface area contributed by atoms with Gasteiger partial charge in [0.05, 0.1) is 18.1 Å². The van der Waals surface area contributed by atoms with Crippen molar-refractivity contribution in [2.24, 2.45) is 0 Å². The van der Waals surface area contributed by atoms with Crippen LogP contribution >= 0.6 is 0 Å². The third kappa shape index (κ3) is 3.26. The molecule has 1 N–H and O–H groups in total. The molecule has 25 heavy (non-hydrogen) atoms. The Hall–Kier alpha value is -3.08. The lowest BCUT2D eigenvalue weighted by atomic mass is 9.87. The Morgan fingerprint density at radius 2 is 1.96 bits per heavy atom. The second-order valence-corrected chi connectivity index (χ2v) is 5.88. The summed E-state index contributed by atoms with van der Waals surface area (Å²) in [6.45, 7) is 1.45. The van der Waals surface area contributed by atoms with Crippen molar-refractivity contribution in [1.29, 1.82) is 0 Å². The Balaban J connectivity index is 2.25. The molecule has 0 saturated carbocycles. The van der Waals surface area contributed by atoms with Gasteiger partial charge in [-0.25, -0.2) is 4.79 Å². The quantitative estimate of drug-likeness (QED) is 0.719. The maximum atomic E-state index is 12.5. The molecule has 3 rings (SSSR count). The molecule has 1 atom stereocenters. The van der Waals surface area contributed by atoms with Crippen molar-refractivity contribution >= 4 is 16.8 Å². The number of hydrogen-bond donors (Lipinski definition) is 1. The van der Waals surface area contributed by atoms with Gasteiger partial charge in [0, 0.05) is 12.3 Å². The van der Waals surface area contributed by atoms with E-state index in [0.29, 0.717) is 22.3 Å². The van der Waals surface area contributed by atoms with Crippen molar-refractivity contribution in [1.82, 2.24) is 0 Å². The van der Waals surface area contributed by atoms with Crippen molar-refractivity contribution in [3.05, 3.63) is 70.1 Å². The Morgan fingerprint density at radius 3 is 2.68 bits per heavy atom. The van der Waals surface area contributed by atoms with E-state index in [2.05, 4.69) is 0 Å². The Labute approximate surface area is 144 Å². The van der Waals surface area contributed by atoms with Crippen LogP contribution in [0.2, 0.25) is 0 Å². The maximum Gasteiger partial charge on any atom is 0.343 e. The average molecular weight is 338 g/mol. The van der Waals surface area contributed by atoms with Gasteiger partial charge in [-0.15, -0.1) is 0 Å². The number of ether oxygens (including phenoxy) is 1. The number of methoxy groups -OCH3 is 1. The van der Waals surface area contributed by atoms with E-state index in [4.69, 9.17) is 9.15 Å². The zero-order chi connectivity index (χ0) is 18.0. The van der Waals surface area contributed by atoms with E-state index in [-0.39, 0.29) is 23.5 Å². The SMILES string of the molecule is COc1cccc(C(CC(C)=O)c2c(O)c3ccccc3oc2=O)c1. The molecule has 1 unspecified atom stereocenters. The number of aromatic hydroxyl groups is 1. The highest BCUT2D eigenvalue weighted by atomic mass is 16.5. The summed E-state index contributed by atoms with van der Waals surface area (Å²) in [4.78, 5) is 24.3. The van der Waals surface area contributed by atoms with Gasteiger partial charge in [0.15, 0.2) is 0 Å². The number of rotatable bonds is 5. The van der Waals surface area contributed by atoms with Gasteiger partial charge in [-0.05, 0) is 36.8 Å². The molecule has 2 aromatic carbocycles. The van der Waals surface area contributed by atoms with E-state index in [1.807, 2.05) is 0 Å². The minimum atomic E-state index is -0.648. The summed E-state index contributed by atoms with van der Waals surface area (Å²) < 4.78 is 10.6. The highest BCUT2D eigenvalue weighted by Crippen LogP contribution is 2.36. The fourth-order valence-electron chi connectivity index (χ4n) is 2.99. The third-order valence-electron chi connectivity index (χ3n) is 4.16. The second-order valence-electron chi connectivity index (χ2n) is 5.88. The summed E-state index contributed by atoms with van der Waals surface area (Å²) in [5.74, 6) is -0.259. The molecule has 3 aromatic rings. The topological polar surface area (TPSA) is 76.7 Å². The second kappa shape index (κ2) is 6.81. The number of fused-ring (bicyclic) bond motifs is 1. The molecule has 1 aromatic heterocycles. The van der Waals surface area contributed by atoms with Crippen LogP contribution in [0.4, 0.5) is 0 Å². The number of carbonyl (C=O) groups is 1. The molecule has 0 radical (unpaired) electrons. The summed E-state index contributed by atoms with van der Waals surface area (Å²) in [6, 6.07) is 13.9. The minimum absolute atomic E-state index is 0.0732. The first-order valence-corrected chi connectivity index (χ1v) is 7.89. The molecule has 0 aliphatic rings. The van der Waals surface area contributed by atoms with E-state index < -0.39 is 11.5 Å². The molecular weight excluding hydrogens is 320 g/mol. The van der Waals surface area contributed by atoms with Crippen LogP contribution in [0.25, 0.3) is 11.0 Å². The number of para-hydroxylation sites is 1. The van der Waals surface area contributed by atoms with Crippen LogP contribution in [0.15, 0.2) is 57.7 Å². The van der Waals surface area contributed by atoms with Crippen molar-refractivity contribution < 1.29 is 19.1 Å². The smallest absolute Gasteiger partial charge is 0.343 e. The standard InChI is InChI=1S/C20H18O5/c1-12(21)10-16(13-6-5-7-14(11-13)24-2)18-19(22)15-8-3-4-9-17(15)25-20(18)23/h3-9,11,16,22H,10H2,1-2H3. The van der Waals surface area contributed by atoms with Gasteiger partial charge in [0.1, 0.15) is 22.9 Å². The lowest BCUT2D eigenvalue weighted by Crippen LogP contribution is -2.16. The lowest BCUT2D eigenvalue weighted by molar-refractivity contribution is -0.117. The van der Waals surface area contributed by atoms with Gasteiger partial charge < -0.3 is 14.3 Å². The summed E-state index contributed by atoms with van der Waals surface area (Å²) in [5, 5.41) is 11.1. The van der Waals surface area contributed by atoms with E-state index in [9.17, 15) is 14.7 Å². The van der Waals surface area contributed by atoms with Crippen LogP contribution < -0.4 is 10.4 Å². The van der Waals surface area contributed by atoms with E-state index in [1.165, 1.54) is 6.92 Å². The van der Waals surface area contributed by atoms with Gasteiger partial charge in [0.25, 0.3) is 0 Å². The van der Waals surface area contributed by atoms with Crippen molar-refractivity contribution in [2.45, 2.75) is 19.3 Å². The number of benzene rings is 2. The first-order chi connectivity index (χ1) is 12.0. The molecule has 0 spiro atoms. The first-order valence-electron chi connectivity index (χ1n) is 7.89. The summed E-state index contributed by atoms with van der Waals surface area (Å²) in [7, 11) is 1.54. The van der Waals surface area contributed by atoms with Crippen LogP contribution in [0.1, 0.15) is 30.4 Å². The summed E-state index contributed by atoms with van der Waals surface area (Å²) in [6.07, 6.45) is 0.0732. The largest absolute Gasteiger partial charge is 0.507 e. The van der Waals surface area contributed by atoms with Gasteiger partial charge >= 0.3 is 5.63 Å². The maximum absolute atomic E-state index is 12.5. The number of ketones is 1. The predicted octanol–water partition coefficient (Wildman–Crippen LogP) is 3.62. The minimum Gasteiger partial charge on any atom is -0.507 e. The van der Waals surface area contributed by atoms with Crippen LogP contribution in [0, 0.1) is 0 Å². The van der Waals surface area contributed by atoms with Crippen LogP contribution in [-0.2, 0) is 4.79 Å². The fourth-order valence-corrected chi connectivity index (χ4v) is 2.99. The fraction of sp³-hybridized carbons (Fsp3) is 0.200. The number of carbonyl (C=O) groups excluding carboxylic acids is 1. The lowest BCUT2D eigenvalue weighted by Gasteiger charge is -2.18. The highest BCUT2D eigenvalue weighted by molar-refractivity contribution is 5.85. The van der Waals surface area contributed by atoms with E-state index in [0.717, 1.165) is 0 Å². The Kier molecular flexibility index (Phi) is 4.57. The van der Waals surface area contributed by atoms with Crippen molar-refractivity contribution in [2.75, 3.05) is 7.11 Å². The van der Waals surface area contributed by atoms with Crippen LogP contribution in [-0.4, -0.2) is 18.0 Å². The molecule has 0 bridgehead atoms. The predicted molar refractivity (Wildman–Crippen MR) is 94.3 cm³/mol. The zero-order valence-corrected chi connectivity index (χ0v) is 14.0. The summed E-state index contributed by atoms with van der Waals surface area (Å²) in [5.41, 5.74) is 0.445. The number of hydrogen-bond acceptors (Lipinski definition) is 5. The molecule has 0 aliphatic carbocycles. The molecular formula is C20H18O5. The van der Waals surface area contributed by atoms with E-state index >= 15 is 0 Å². The molecule has 0 saturated heterocycles. The van der Waals surface area contributed by atoms with E-state index in [1.54, 1.807) is 55.6 Å². The van der Waals surface area contributed by atoms with Gasteiger partial charge in [0.2, 0.25) is 0 Å². The van der Waals surface area contributed by atoms with Crippen LogP contribution in [0.3, 0.4) is 0 Å². The van der Waals surface area contributed by atoms with Crippen LogP contribution in [0.5, 0.6) is 11.5 Å². The monoisotopic (exact) mass is 338 g/mol. The Bertz CT molecular complexity index is 987. The molecule has 0 aliphatic heterocycles. The Morgan fingerprint density at radius 1 is 1.20 bits per heavy atom.